The van der Waals surface area contributed by atoms with Gasteiger partial charge in [0.05, 0.1) is 5.69 Å². The number of para-hydroxylation sites is 1. The van der Waals surface area contributed by atoms with Gasteiger partial charge >= 0.3 is 0 Å². The van der Waals surface area contributed by atoms with Crippen molar-refractivity contribution < 1.29 is 9.18 Å². The fourth-order valence-corrected chi connectivity index (χ4v) is 2.14. The summed E-state index contributed by atoms with van der Waals surface area (Å²) in [4.78, 5) is 13.0. The van der Waals surface area contributed by atoms with Gasteiger partial charge < -0.3 is 5.73 Å². The van der Waals surface area contributed by atoms with E-state index in [-0.39, 0.29) is 17.0 Å². The predicted octanol–water partition coefficient (Wildman–Crippen LogP) is 3.01. The van der Waals surface area contributed by atoms with E-state index in [1.165, 1.54) is 29.5 Å². The molecule has 0 aliphatic heterocycles. The van der Waals surface area contributed by atoms with Gasteiger partial charge in [0.2, 0.25) is 0 Å². The summed E-state index contributed by atoms with van der Waals surface area (Å²) >= 11 is 1.48. The van der Waals surface area contributed by atoms with Crippen molar-refractivity contribution in [1.29, 1.82) is 0 Å². The maximum absolute atomic E-state index is 13.2. The number of anilines is 1. The number of aryl methyl sites for hydroxylation is 1. The SMILES string of the molecule is Cc1cc(C(=O)c2cccc(F)c2N)cs1. The second-order valence-corrected chi connectivity index (χ2v) is 4.59. The fourth-order valence-electron chi connectivity index (χ4n) is 1.45. The molecule has 2 aromatic rings. The van der Waals surface area contributed by atoms with Crippen LogP contribution in [0.3, 0.4) is 0 Å². The first kappa shape index (κ1) is 10.8. The standard InChI is InChI=1S/C12H10FNOS/c1-7-5-8(6-16-7)12(15)9-3-2-4-10(13)11(9)14/h2-6H,14H2,1H3. The van der Waals surface area contributed by atoms with Crippen molar-refractivity contribution in [2.75, 3.05) is 5.73 Å². The van der Waals surface area contributed by atoms with E-state index in [0.717, 1.165) is 4.88 Å². The highest BCUT2D eigenvalue weighted by Crippen LogP contribution is 2.22. The molecule has 1 aromatic heterocycles. The highest BCUT2D eigenvalue weighted by molar-refractivity contribution is 7.10. The Morgan fingerprint density at radius 2 is 2.19 bits per heavy atom. The zero-order chi connectivity index (χ0) is 11.7. The maximum Gasteiger partial charge on any atom is 0.196 e. The van der Waals surface area contributed by atoms with Crippen molar-refractivity contribution in [3.05, 3.63) is 51.5 Å². The van der Waals surface area contributed by atoms with E-state index in [0.29, 0.717) is 5.56 Å². The minimum Gasteiger partial charge on any atom is -0.396 e. The number of rotatable bonds is 2. The van der Waals surface area contributed by atoms with Crippen molar-refractivity contribution in [2.45, 2.75) is 6.92 Å². The van der Waals surface area contributed by atoms with Crippen LogP contribution in [0.1, 0.15) is 20.8 Å². The Hall–Kier alpha value is -1.68. The van der Waals surface area contributed by atoms with Gasteiger partial charge in [-0.3, -0.25) is 4.79 Å². The molecule has 0 fully saturated rings. The Bertz CT molecular complexity index is 548. The molecule has 0 saturated carbocycles. The van der Waals surface area contributed by atoms with Gasteiger partial charge in [-0.25, -0.2) is 4.39 Å². The van der Waals surface area contributed by atoms with Crippen molar-refractivity contribution >= 4 is 22.8 Å². The van der Waals surface area contributed by atoms with E-state index in [1.807, 2.05) is 6.92 Å². The number of thiophene rings is 1. The number of ketones is 1. The van der Waals surface area contributed by atoms with Crippen LogP contribution in [0.25, 0.3) is 0 Å². The molecule has 1 heterocycles. The molecule has 0 aliphatic rings. The van der Waals surface area contributed by atoms with Crippen LogP contribution in [-0.2, 0) is 0 Å². The molecule has 1 aromatic carbocycles. The number of nitrogens with two attached hydrogens (primary N) is 1. The maximum atomic E-state index is 13.2. The Morgan fingerprint density at radius 3 is 2.81 bits per heavy atom. The Morgan fingerprint density at radius 1 is 1.44 bits per heavy atom. The Kier molecular flexibility index (Phi) is 2.75. The molecule has 0 atom stereocenters. The molecule has 0 spiro atoms. The van der Waals surface area contributed by atoms with Gasteiger partial charge in [0.25, 0.3) is 0 Å². The Labute approximate surface area is 96.5 Å². The van der Waals surface area contributed by atoms with E-state index in [4.69, 9.17) is 5.73 Å². The minimum absolute atomic E-state index is 0.0867. The molecule has 0 saturated heterocycles. The normalized spacial score (nSPS) is 10.4. The molecule has 0 aliphatic carbocycles. The van der Waals surface area contributed by atoms with Crippen molar-refractivity contribution in [3.8, 4) is 0 Å². The number of hydrogen-bond donors (Lipinski definition) is 1. The van der Waals surface area contributed by atoms with Crippen LogP contribution in [-0.4, -0.2) is 5.78 Å². The predicted molar refractivity (Wildman–Crippen MR) is 63.3 cm³/mol. The first-order valence-electron chi connectivity index (χ1n) is 4.73. The molecular formula is C12H10FNOS. The van der Waals surface area contributed by atoms with Crippen molar-refractivity contribution in [2.24, 2.45) is 0 Å². The van der Waals surface area contributed by atoms with Crippen LogP contribution in [0, 0.1) is 12.7 Å². The zero-order valence-electron chi connectivity index (χ0n) is 8.66. The summed E-state index contributed by atoms with van der Waals surface area (Å²) in [7, 11) is 0. The van der Waals surface area contributed by atoms with Crippen LogP contribution in [0.2, 0.25) is 0 Å². The topological polar surface area (TPSA) is 43.1 Å². The molecule has 0 radical (unpaired) electrons. The van der Waals surface area contributed by atoms with Gasteiger partial charge in [0, 0.05) is 21.4 Å². The van der Waals surface area contributed by atoms with E-state index in [2.05, 4.69) is 0 Å². The van der Waals surface area contributed by atoms with Crippen LogP contribution < -0.4 is 5.73 Å². The zero-order valence-corrected chi connectivity index (χ0v) is 9.48. The smallest absolute Gasteiger partial charge is 0.196 e. The molecule has 0 amide bonds. The molecule has 2 nitrogen and oxygen atoms in total. The molecule has 0 unspecified atom stereocenters. The monoisotopic (exact) mass is 235 g/mol. The number of halogens is 1. The van der Waals surface area contributed by atoms with Crippen LogP contribution >= 0.6 is 11.3 Å². The number of nitrogen functional groups attached to an aromatic ring is 1. The summed E-state index contributed by atoms with van der Waals surface area (Å²) in [5.41, 5.74) is 6.22. The molecular weight excluding hydrogens is 225 g/mol. The largest absolute Gasteiger partial charge is 0.396 e. The lowest BCUT2D eigenvalue weighted by Gasteiger charge is -2.03. The number of hydrogen-bond acceptors (Lipinski definition) is 3. The molecule has 4 heteroatoms. The van der Waals surface area contributed by atoms with Gasteiger partial charge in [-0.05, 0) is 25.1 Å². The first-order chi connectivity index (χ1) is 7.59. The van der Waals surface area contributed by atoms with Crippen LogP contribution in [0.15, 0.2) is 29.6 Å². The van der Waals surface area contributed by atoms with Crippen molar-refractivity contribution in [1.82, 2.24) is 0 Å². The lowest BCUT2D eigenvalue weighted by Crippen LogP contribution is -2.05. The highest BCUT2D eigenvalue weighted by Gasteiger charge is 2.15. The molecule has 82 valence electrons. The summed E-state index contributed by atoms with van der Waals surface area (Å²) < 4.78 is 13.2. The molecule has 2 rings (SSSR count). The van der Waals surface area contributed by atoms with Gasteiger partial charge in [0.1, 0.15) is 5.82 Å². The van der Waals surface area contributed by atoms with E-state index < -0.39 is 5.82 Å². The quantitative estimate of drug-likeness (QED) is 0.642. The van der Waals surface area contributed by atoms with Gasteiger partial charge in [-0.2, -0.15) is 0 Å². The Balaban J connectivity index is 2.45. The van der Waals surface area contributed by atoms with Crippen LogP contribution in [0.4, 0.5) is 10.1 Å². The molecule has 0 bridgehead atoms. The summed E-state index contributed by atoms with van der Waals surface area (Å²) in [6.45, 7) is 1.91. The van der Waals surface area contributed by atoms with E-state index in [1.54, 1.807) is 11.4 Å². The second kappa shape index (κ2) is 4.06. The van der Waals surface area contributed by atoms with E-state index >= 15 is 0 Å². The molecule has 2 N–H and O–H groups in total. The lowest BCUT2D eigenvalue weighted by atomic mass is 10.0. The third-order valence-electron chi connectivity index (χ3n) is 2.29. The lowest BCUT2D eigenvalue weighted by molar-refractivity contribution is 0.103. The highest BCUT2D eigenvalue weighted by atomic mass is 32.1. The van der Waals surface area contributed by atoms with Gasteiger partial charge in [-0.1, -0.05) is 6.07 Å². The summed E-state index contributed by atoms with van der Waals surface area (Å²) in [6, 6.07) is 6.04. The van der Waals surface area contributed by atoms with Crippen LogP contribution in [0.5, 0.6) is 0 Å². The summed E-state index contributed by atoms with van der Waals surface area (Å²) in [5, 5.41) is 1.75. The number of carbonyl (C=O) groups is 1. The van der Waals surface area contributed by atoms with Gasteiger partial charge in [-0.15, -0.1) is 11.3 Å². The summed E-state index contributed by atoms with van der Waals surface area (Å²) in [6.07, 6.45) is 0. The van der Waals surface area contributed by atoms with Crippen molar-refractivity contribution in [3.63, 3.8) is 0 Å². The number of carbonyl (C=O) groups excluding carboxylic acids is 1. The third kappa shape index (κ3) is 1.84. The minimum atomic E-state index is -0.558. The average molecular weight is 235 g/mol. The van der Waals surface area contributed by atoms with E-state index in [9.17, 15) is 9.18 Å². The number of benzene rings is 1. The molecule has 16 heavy (non-hydrogen) atoms. The summed E-state index contributed by atoms with van der Waals surface area (Å²) in [5.74, 6) is -0.792. The second-order valence-electron chi connectivity index (χ2n) is 3.48. The first-order valence-corrected chi connectivity index (χ1v) is 5.61. The average Bonchev–Trinajstić information content (AvgIpc) is 2.68. The fraction of sp³-hybridized carbons (Fsp3) is 0.0833. The van der Waals surface area contributed by atoms with Gasteiger partial charge in [0.15, 0.2) is 5.78 Å². The third-order valence-corrected chi connectivity index (χ3v) is 3.15.